The highest BCUT2D eigenvalue weighted by atomic mass is 16.2. The second-order valence-corrected chi connectivity index (χ2v) is 4.44. The van der Waals surface area contributed by atoms with E-state index in [9.17, 15) is 4.79 Å². The van der Waals surface area contributed by atoms with Gasteiger partial charge in [0, 0.05) is 31.4 Å². The Morgan fingerprint density at radius 1 is 1.69 bits per heavy atom. The van der Waals surface area contributed by atoms with Gasteiger partial charge in [0.1, 0.15) is 0 Å². The third kappa shape index (κ3) is 2.24. The van der Waals surface area contributed by atoms with Crippen molar-refractivity contribution in [2.45, 2.75) is 25.9 Å². The monoisotopic (exact) mass is 222 g/mol. The van der Waals surface area contributed by atoms with Crippen molar-refractivity contribution < 1.29 is 4.79 Å². The Labute approximate surface area is 95.2 Å². The van der Waals surface area contributed by atoms with Crippen LogP contribution in [0.4, 0.5) is 0 Å². The number of hydrogen-bond acceptors (Lipinski definition) is 3. The standard InChI is InChI=1S/C11H18N4O/c1-8-10(3-4-12-8)11(16)15(2)7-9-5-13-14-6-9/h5-6,8,10,12H,3-4,7H2,1-2H3,(H,13,14). The van der Waals surface area contributed by atoms with Gasteiger partial charge in [-0.25, -0.2) is 0 Å². The van der Waals surface area contributed by atoms with E-state index in [4.69, 9.17) is 0 Å². The molecule has 0 bridgehead atoms. The number of amides is 1. The van der Waals surface area contributed by atoms with Crippen molar-refractivity contribution >= 4 is 5.91 Å². The van der Waals surface area contributed by atoms with Gasteiger partial charge >= 0.3 is 0 Å². The second-order valence-electron chi connectivity index (χ2n) is 4.44. The Bertz CT molecular complexity index is 349. The lowest BCUT2D eigenvalue weighted by atomic mass is 10.0. The maximum atomic E-state index is 12.1. The summed E-state index contributed by atoms with van der Waals surface area (Å²) in [5.74, 6) is 0.343. The predicted octanol–water partition coefficient (Wildman–Crippen LogP) is 0.366. The third-order valence-corrected chi connectivity index (χ3v) is 3.19. The van der Waals surface area contributed by atoms with E-state index >= 15 is 0 Å². The molecule has 0 spiro atoms. The summed E-state index contributed by atoms with van der Waals surface area (Å²) in [4.78, 5) is 13.9. The fourth-order valence-electron chi connectivity index (χ4n) is 2.20. The highest BCUT2D eigenvalue weighted by Crippen LogP contribution is 2.18. The zero-order valence-electron chi connectivity index (χ0n) is 9.73. The van der Waals surface area contributed by atoms with Gasteiger partial charge in [0.2, 0.25) is 5.91 Å². The van der Waals surface area contributed by atoms with E-state index in [-0.39, 0.29) is 11.8 Å². The number of nitrogens with one attached hydrogen (secondary N) is 2. The molecule has 2 N–H and O–H groups in total. The first-order chi connectivity index (χ1) is 7.68. The van der Waals surface area contributed by atoms with E-state index in [1.54, 1.807) is 11.1 Å². The normalized spacial score (nSPS) is 24.6. The molecule has 2 atom stereocenters. The molecule has 88 valence electrons. The van der Waals surface area contributed by atoms with Crippen molar-refractivity contribution in [3.63, 3.8) is 0 Å². The number of carbonyl (C=O) groups excluding carboxylic acids is 1. The summed E-state index contributed by atoms with van der Waals surface area (Å²) in [5.41, 5.74) is 1.04. The summed E-state index contributed by atoms with van der Waals surface area (Å²) in [5, 5.41) is 9.92. The Morgan fingerprint density at radius 2 is 2.50 bits per heavy atom. The van der Waals surface area contributed by atoms with Gasteiger partial charge in [0.05, 0.1) is 12.1 Å². The molecule has 5 heteroatoms. The van der Waals surface area contributed by atoms with Crippen LogP contribution in [0.2, 0.25) is 0 Å². The number of aromatic amines is 1. The number of nitrogens with zero attached hydrogens (tertiary/aromatic N) is 2. The van der Waals surface area contributed by atoms with Gasteiger partial charge in [-0.15, -0.1) is 0 Å². The van der Waals surface area contributed by atoms with Crippen molar-refractivity contribution in [1.82, 2.24) is 20.4 Å². The molecule has 2 unspecified atom stereocenters. The number of hydrogen-bond donors (Lipinski definition) is 2. The van der Waals surface area contributed by atoms with E-state index in [1.165, 1.54) is 0 Å². The molecule has 2 rings (SSSR count). The molecule has 0 aromatic carbocycles. The van der Waals surface area contributed by atoms with Gasteiger partial charge in [-0.05, 0) is 19.9 Å². The van der Waals surface area contributed by atoms with Crippen LogP contribution in [-0.4, -0.2) is 40.6 Å². The molecular weight excluding hydrogens is 204 g/mol. The van der Waals surface area contributed by atoms with Crippen molar-refractivity contribution in [1.29, 1.82) is 0 Å². The lowest BCUT2D eigenvalue weighted by Gasteiger charge is -2.22. The third-order valence-electron chi connectivity index (χ3n) is 3.19. The molecule has 0 saturated carbocycles. The van der Waals surface area contributed by atoms with Crippen LogP contribution in [0.15, 0.2) is 12.4 Å². The van der Waals surface area contributed by atoms with Crippen molar-refractivity contribution in [2.24, 2.45) is 5.92 Å². The van der Waals surface area contributed by atoms with Gasteiger partial charge in [0.25, 0.3) is 0 Å². The average molecular weight is 222 g/mol. The average Bonchev–Trinajstić information content (AvgIpc) is 2.88. The van der Waals surface area contributed by atoms with Gasteiger partial charge in [0.15, 0.2) is 0 Å². The van der Waals surface area contributed by atoms with Gasteiger partial charge in [-0.3, -0.25) is 9.89 Å². The topological polar surface area (TPSA) is 61.0 Å². The summed E-state index contributed by atoms with van der Waals surface area (Å²) >= 11 is 0. The van der Waals surface area contributed by atoms with E-state index in [0.29, 0.717) is 12.6 Å². The molecule has 1 fully saturated rings. The molecule has 1 aliphatic heterocycles. The maximum Gasteiger partial charge on any atom is 0.227 e. The van der Waals surface area contributed by atoms with E-state index in [1.807, 2.05) is 13.2 Å². The Balaban J connectivity index is 1.94. The van der Waals surface area contributed by atoms with E-state index in [0.717, 1.165) is 18.5 Å². The fraction of sp³-hybridized carbons (Fsp3) is 0.636. The molecule has 1 aliphatic rings. The maximum absolute atomic E-state index is 12.1. The summed E-state index contributed by atoms with van der Waals surface area (Å²) in [7, 11) is 1.85. The van der Waals surface area contributed by atoms with Crippen LogP contribution >= 0.6 is 0 Å². The van der Waals surface area contributed by atoms with Crippen LogP contribution in [0.25, 0.3) is 0 Å². The minimum absolute atomic E-state index is 0.122. The number of H-pyrrole nitrogens is 1. The molecule has 2 heterocycles. The first kappa shape index (κ1) is 11.1. The molecule has 1 aromatic rings. The molecule has 0 radical (unpaired) electrons. The van der Waals surface area contributed by atoms with Crippen molar-refractivity contribution in [3.05, 3.63) is 18.0 Å². The van der Waals surface area contributed by atoms with Gasteiger partial charge in [-0.1, -0.05) is 0 Å². The SMILES string of the molecule is CC1NCCC1C(=O)N(C)Cc1cn[nH]c1. The molecule has 1 saturated heterocycles. The van der Waals surface area contributed by atoms with Crippen LogP contribution in [0.5, 0.6) is 0 Å². The summed E-state index contributed by atoms with van der Waals surface area (Å²) in [6.45, 7) is 3.64. The highest BCUT2D eigenvalue weighted by molar-refractivity contribution is 5.79. The molecule has 1 aromatic heterocycles. The quantitative estimate of drug-likeness (QED) is 0.776. The zero-order chi connectivity index (χ0) is 11.5. The fourth-order valence-corrected chi connectivity index (χ4v) is 2.20. The Morgan fingerprint density at radius 3 is 3.06 bits per heavy atom. The summed E-state index contributed by atoms with van der Waals surface area (Å²) in [6, 6.07) is 0.291. The largest absolute Gasteiger partial charge is 0.341 e. The smallest absolute Gasteiger partial charge is 0.227 e. The highest BCUT2D eigenvalue weighted by Gasteiger charge is 2.31. The molecule has 5 nitrogen and oxygen atoms in total. The number of carbonyl (C=O) groups is 1. The molecule has 0 aliphatic carbocycles. The first-order valence-electron chi connectivity index (χ1n) is 5.64. The zero-order valence-corrected chi connectivity index (χ0v) is 9.73. The van der Waals surface area contributed by atoms with Crippen LogP contribution < -0.4 is 5.32 Å². The lowest BCUT2D eigenvalue weighted by Crippen LogP contribution is -2.37. The van der Waals surface area contributed by atoms with E-state index < -0.39 is 0 Å². The van der Waals surface area contributed by atoms with Crippen LogP contribution in [0, 0.1) is 5.92 Å². The molecule has 1 amide bonds. The van der Waals surface area contributed by atoms with Crippen molar-refractivity contribution in [3.8, 4) is 0 Å². The minimum atomic E-state index is 0.122. The number of rotatable bonds is 3. The molecular formula is C11H18N4O. The summed E-state index contributed by atoms with van der Waals surface area (Å²) < 4.78 is 0. The van der Waals surface area contributed by atoms with Crippen LogP contribution in [0.1, 0.15) is 18.9 Å². The molecule has 16 heavy (non-hydrogen) atoms. The van der Waals surface area contributed by atoms with Gasteiger partial charge in [-0.2, -0.15) is 5.10 Å². The number of aromatic nitrogens is 2. The summed E-state index contributed by atoms with van der Waals surface area (Å²) in [6.07, 6.45) is 4.51. The van der Waals surface area contributed by atoms with E-state index in [2.05, 4.69) is 22.4 Å². The second kappa shape index (κ2) is 4.65. The minimum Gasteiger partial charge on any atom is -0.341 e. The predicted molar refractivity (Wildman–Crippen MR) is 60.6 cm³/mol. The lowest BCUT2D eigenvalue weighted by molar-refractivity contribution is -0.134. The van der Waals surface area contributed by atoms with Crippen LogP contribution in [-0.2, 0) is 11.3 Å². The Hall–Kier alpha value is -1.36. The van der Waals surface area contributed by atoms with Gasteiger partial charge < -0.3 is 10.2 Å². The van der Waals surface area contributed by atoms with Crippen molar-refractivity contribution in [2.75, 3.05) is 13.6 Å². The Kier molecular flexibility index (Phi) is 3.24. The first-order valence-corrected chi connectivity index (χ1v) is 5.64. The van der Waals surface area contributed by atoms with Crippen LogP contribution in [0.3, 0.4) is 0 Å².